The molecule has 31 heavy (non-hydrogen) atoms. The first-order valence-electron chi connectivity index (χ1n) is 10.6. The van der Waals surface area contributed by atoms with E-state index in [2.05, 4.69) is 33.2 Å². The van der Waals surface area contributed by atoms with Crippen LogP contribution in [0.5, 0.6) is 11.5 Å². The summed E-state index contributed by atoms with van der Waals surface area (Å²) in [5.41, 5.74) is 0.923. The number of anilines is 1. The molecule has 1 amide bonds. The molecular weight excluding hydrogens is 412 g/mol. The van der Waals surface area contributed by atoms with Crippen LogP contribution in [0.2, 0.25) is 0 Å². The van der Waals surface area contributed by atoms with Crippen molar-refractivity contribution in [3.05, 3.63) is 41.0 Å². The van der Waals surface area contributed by atoms with E-state index >= 15 is 0 Å². The van der Waals surface area contributed by atoms with Gasteiger partial charge in [-0.2, -0.15) is 0 Å². The second-order valence-corrected chi connectivity index (χ2v) is 8.78. The molecule has 0 aliphatic carbocycles. The maximum Gasteiger partial charge on any atom is 0.225 e. The van der Waals surface area contributed by atoms with E-state index in [9.17, 15) is 4.79 Å². The molecule has 0 radical (unpaired) electrons. The van der Waals surface area contributed by atoms with E-state index in [1.807, 2.05) is 18.2 Å². The molecule has 8 heteroatoms. The lowest BCUT2D eigenvalue weighted by molar-refractivity contribution is -0.125. The molecule has 1 aliphatic heterocycles. The van der Waals surface area contributed by atoms with Gasteiger partial charge in [-0.05, 0) is 37.5 Å². The van der Waals surface area contributed by atoms with E-state index in [0.29, 0.717) is 18.8 Å². The highest BCUT2D eigenvalue weighted by Gasteiger charge is 2.28. The highest BCUT2D eigenvalue weighted by molar-refractivity contribution is 7.18. The van der Waals surface area contributed by atoms with Crippen LogP contribution in [0.15, 0.2) is 30.6 Å². The van der Waals surface area contributed by atoms with E-state index in [1.165, 1.54) is 4.88 Å². The fourth-order valence-corrected chi connectivity index (χ4v) is 4.96. The predicted molar refractivity (Wildman–Crippen MR) is 123 cm³/mol. The third-order valence-corrected chi connectivity index (χ3v) is 6.93. The van der Waals surface area contributed by atoms with Crippen molar-refractivity contribution in [1.82, 2.24) is 15.3 Å². The normalized spacial score (nSPS) is 16.4. The molecule has 1 fully saturated rings. The molecule has 1 aromatic carbocycles. The summed E-state index contributed by atoms with van der Waals surface area (Å²) in [6.07, 6.45) is 4.45. The van der Waals surface area contributed by atoms with Crippen molar-refractivity contribution in [3.63, 3.8) is 0 Å². The standard InChI is InChI=1S/C23H28N4O3S/c1-4-18-11-19-21(25-14-26-23(19)31-18)27-9-5-6-16(13-27)22(28)24-12-15-7-8-17(29-2)10-20(15)30-3/h7-8,10-11,14,16H,4-6,9,12-13H2,1-3H3,(H,24,28)/t16-/m0/s1. The quantitative estimate of drug-likeness (QED) is 0.602. The average molecular weight is 441 g/mol. The van der Waals surface area contributed by atoms with Crippen LogP contribution in [0, 0.1) is 5.92 Å². The molecule has 1 atom stereocenters. The maximum atomic E-state index is 13.0. The Morgan fingerprint density at radius 1 is 1.26 bits per heavy atom. The zero-order chi connectivity index (χ0) is 21.8. The van der Waals surface area contributed by atoms with Gasteiger partial charge in [0.1, 0.15) is 28.5 Å². The number of nitrogens with zero attached hydrogens (tertiary/aromatic N) is 3. The van der Waals surface area contributed by atoms with Crippen LogP contribution in [0.3, 0.4) is 0 Å². The van der Waals surface area contributed by atoms with Crippen LogP contribution in [-0.4, -0.2) is 43.2 Å². The zero-order valence-electron chi connectivity index (χ0n) is 18.2. The fourth-order valence-electron chi connectivity index (χ4n) is 4.03. The molecule has 3 aromatic rings. The summed E-state index contributed by atoms with van der Waals surface area (Å²) in [5.74, 6) is 2.36. The number of aryl methyl sites for hydroxylation is 1. The number of nitrogens with one attached hydrogen (secondary N) is 1. The summed E-state index contributed by atoms with van der Waals surface area (Å²) >= 11 is 1.72. The van der Waals surface area contributed by atoms with Crippen LogP contribution < -0.4 is 19.7 Å². The van der Waals surface area contributed by atoms with Crippen molar-refractivity contribution >= 4 is 33.3 Å². The monoisotopic (exact) mass is 440 g/mol. The number of methoxy groups -OCH3 is 2. The average Bonchev–Trinajstić information content (AvgIpc) is 3.26. The maximum absolute atomic E-state index is 13.0. The Labute approximate surface area is 186 Å². The van der Waals surface area contributed by atoms with E-state index in [4.69, 9.17) is 9.47 Å². The van der Waals surface area contributed by atoms with Gasteiger partial charge in [0.05, 0.1) is 25.5 Å². The molecule has 2 aromatic heterocycles. The molecule has 1 aliphatic rings. The highest BCUT2D eigenvalue weighted by atomic mass is 32.1. The summed E-state index contributed by atoms with van der Waals surface area (Å²) in [4.78, 5) is 26.5. The summed E-state index contributed by atoms with van der Waals surface area (Å²) in [6, 6.07) is 7.81. The van der Waals surface area contributed by atoms with Crippen molar-refractivity contribution in [2.75, 3.05) is 32.2 Å². The molecule has 1 saturated heterocycles. The van der Waals surface area contributed by atoms with Gasteiger partial charge in [0, 0.05) is 36.1 Å². The van der Waals surface area contributed by atoms with Crippen molar-refractivity contribution in [1.29, 1.82) is 0 Å². The van der Waals surface area contributed by atoms with E-state index in [-0.39, 0.29) is 11.8 Å². The molecule has 0 spiro atoms. The van der Waals surface area contributed by atoms with E-state index in [1.54, 1.807) is 31.9 Å². The number of fused-ring (bicyclic) bond motifs is 1. The Balaban J connectivity index is 1.44. The van der Waals surface area contributed by atoms with Gasteiger partial charge in [-0.3, -0.25) is 4.79 Å². The molecule has 0 saturated carbocycles. The molecule has 1 N–H and O–H groups in total. The molecule has 164 valence electrons. The van der Waals surface area contributed by atoms with Crippen molar-refractivity contribution < 1.29 is 14.3 Å². The summed E-state index contributed by atoms with van der Waals surface area (Å²) in [5, 5.41) is 4.18. The highest BCUT2D eigenvalue weighted by Crippen LogP contribution is 2.32. The Morgan fingerprint density at radius 2 is 2.13 bits per heavy atom. The van der Waals surface area contributed by atoms with Crippen LogP contribution in [0.25, 0.3) is 10.2 Å². The van der Waals surface area contributed by atoms with Crippen LogP contribution in [-0.2, 0) is 17.8 Å². The first kappa shape index (κ1) is 21.4. The Hall–Kier alpha value is -2.87. The van der Waals surface area contributed by atoms with Gasteiger partial charge in [-0.25, -0.2) is 9.97 Å². The van der Waals surface area contributed by atoms with Crippen molar-refractivity contribution in [2.24, 2.45) is 5.92 Å². The second-order valence-electron chi connectivity index (χ2n) is 7.66. The number of piperidine rings is 1. The van der Waals surface area contributed by atoms with Gasteiger partial charge >= 0.3 is 0 Å². The number of benzene rings is 1. The number of carbonyl (C=O) groups is 1. The number of thiophene rings is 1. The van der Waals surface area contributed by atoms with E-state index in [0.717, 1.165) is 53.2 Å². The van der Waals surface area contributed by atoms with Crippen LogP contribution in [0.4, 0.5) is 5.82 Å². The first-order valence-corrected chi connectivity index (χ1v) is 11.4. The number of aromatic nitrogens is 2. The predicted octanol–water partition coefficient (Wildman–Crippen LogP) is 3.80. The van der Waals surface area contributed by atoms with Gasteiger partial charge in [-0.1, -0.05) is 6.92 Å². The number of carbonyl (C=O) groups excluding carboxylic acids is 1. The number of amides is 1. The SMILES string of the molecule is CCc1cc2c(N3CCC[C@H](C(=O)NCc4ccc(OC)cc4OC)C3)ncnc2s1. The molecular formula is C23H28N4O3S. The van der Waals surface area contributed by atoms with Gasteiger partial charge < -0.3 is 19.7 Å². The van der Waals surface area contributed by atoms with Gasteiger partial charge in [0.15, 0.2) is 0 Å². The minimum absolute atomic E-state index is 0.0624. The molecule has 0 bridgehead atoms. The van der Waals surface area contributed by atoms with Gasteiger partial charge in [0.2, 0.25) is 5.91 Å². The van der Waals surface area contributed by atoms with Gasteiger partial charge in [-0.15, -0.1) is 11.3 Å². The number of hydrogen-bond donors (Lipinski definition) is 1. The Bertz CT molecular complexity index is 1070. The fraction of sp³-hybridized carbons (Fsp3) is 0.435. The van der Waals surface area contributed by atoms with Crippen LogP contribution in [0.1, 0.15) is 30.2 Å². The summed E-state index contributed by atoms with van der Waals surface area (Å²) < 4.78 is 10.7. The summed E-state index contributed by atoms with van der Waals surface area (Å²) in [6.45, 7) is 4.13. The third kappa shape index (κ3) is 4.58. The lowest BCUT2D eigenvalue weighted by atomic mass is 9.96. The molecule has 3 heterocycles. The lowest BCUT2D eigenvalue weighted by Gasteiger charge is -2.33. The Morgan fingerprint density at radius 3 is 2.90 bits per heavy atom. The smallest absolute Gasteiger partial charge is 0.225 e. The van der Waals surface area contributed by atoms with Crippen LogP contribution >= 0.6 is 11.3 Å². The number of rotatable bonds is 7. The Kier molecular flexibility index (Phi) is 6.56. The van der Waals surface area contributed by atoms with Gasteiger partial charge in [0.25, 0.3) is 0 Å². The largest absolute Gasteiger partial charge is 0.497 e. The zero-order valence-corrected chi connectivity index (χ0v) is 19.0. The van der Waals surface area contributed by atoms with Crippen molar-refractivity contribution in [3.8, 4) is 11.5 Å². The minimum Gasteiger partial charge on any atom is -0.497 e. The third-order valence-electron chi connectivity index (χ3n) is 5.75. The minimum atomic E-state index is -0.0766. The summed E-state index contributed by atoms with van der Waals surface area (Å²) in [7, 11) is 3.24. The van der Waals surface area contributed by atoms with E-state index < -0.39 is 0 Å². The topological polar surface area (TPSA) is 76.6 Å². The number of hydrogen-bond acceptors (Lipinski definition) is 7. The van der Waals surface area contributed by atoms with Crippen molar-refractivity contribution in [2.45, 2.75) is 32.7 Å². The molecule has 0 unspecified atom stereocenters. The first-order chi connectivity index (χ1) is 15.1. The molecule has 4 rings (SSSR count). The lowest BCUT2D eigenvalue weighted by Crippen LogP contribution is -2.43. The molecule has 7 nitrogen and oxygen atoms in total. The second kappa shape index (κ2) is 9.51. The number of ether oxygens (including phenoxy) is 2.